The van der Waals surface area contributed by atoms with Crippen LogP contribution in [0.25, 0.3) is 10.8 Å². The molecule has 0 saturated heterocycles. The first-order chi connectivity index (χ1) is 13.5. The maximum absolute atomic E-state index is 13.8. The summed E-state index contributed by atoms with van der Waals surface area (Å²) < 4.78 is 19.3. The average Bonchev–Trinajstić information content (AvgIpc) is 2.70. The molecule has 0 saturated carbocycles. The molecule has 0 radical (unpaired) electrons. The van der Waals surface area contributed by atoms with Gasteiger partial charge >= 0.3 is 5.97 Å². The van der Waals surface area contributed by atoms with Crippen molar-refractivity contribution in [2.24, 2.45) is 5.92 Å². The van der Waals surface area contributed by atoms with Gasteiger partial charge in [0.05, 0.1) is 5.56 Å². The number of hydrogen-bond donors (Lipinski definition) is 1. The summed E-state index contributed by atoms with van der Waals surface area (Å²) in [6.45, 7) is 3.69. The molecular formula is C23H22FNO3. The normalized spacial score (nSPS) is 12.0. The molecule has 3 aromatic carbocycles. The van der Waals surface area contributed by atoms with E-state index in [2.05, 4.69) is 5.32 Å². The second-order valence-corrected chi connectivity index (χ2v) is 6.92. The second kappa shape index (κ2) is 8.65. The molecule has 144 valence electrons. The molecular weight excluding hydrogens is 357 g/mol. The highest BCUT2D eigenvalue weighted by molar-refractivity contribution is 5.97. The van der Waals surface area contributed by atoms with Gasteiger partial charge in [0, 0.05) is 0 Å². The summed E-state index contributed by atoms with van der Waals surface area (Å²) in [6.07, 6.45) is 0. The van der Waals surface area contributed by atoms with Gasteiger partial charge in [-0.15, -0.1) is 0 Å². The van der Waals surface area contributed by atoms with Gasteiger partial charge in [-0.1, -0.05) is 68.4 Å². The minimum absolute atomic E-state index is 0.0962. The van der Waals surface area contributed by atoms with Crippen LogP contribution in [0, 0.1) is 11.7 Å². The van der Waals surface area contributed by atoms with Crippen LogP contribution in [-0.2, 0) is 16.1 Å². The van der Waals surface area contributed by atoms with Crippen LogP contribution in [0.5, 0.6) is 0 Å². The Labute approximate surface area is 163 Å². The van der Waals surface area contributed by atoms with E-state index in [1.165, 1.54) is 18.2 Å². The lowest BCUT2D eigenvalue weighted by Crippen LogP contribution is -2.45. The average molecular weight is 379 g/mol. The van der Waals surface area contributed by atoms with E-state index in [1.54, 1.807) is 19.9 Å². The van der Waals surface area contributed by atoms with Gasteiger partial charge in [0.1, 0.15) is 18.5 Å². The highest BCUT2D eigenvalue weighted by Gasteiger charge is 2.27. The minimum atomic E-state index is -0.873. The lowest BCUT2D eigenvalue weighted by molar-refractivity contribution is -0.148. The van der Waals surface area contributed by atoms with Crippen molar-refractivity contribution in [3.63, 3.8) is 0 Å². The van der Waals surface area contributed by atoms with E-state index in [-0.39, 0.29) is 18.1 Å². The number of carbonyl (C=O) groups is 2. The van der Waals surface area contributed by atoms with Gasteiger partial charge in [-0.3, -0.25) is 4.79 Å². The third-order valence-electron chi connectivity index (χ3n) is 4.58. The summed E-state index contributed by atoms with van der Waals surface area (Å²) in [7, 11) is 0. The molecule has 1 atom stereocenters. The summed E-state index contributed by atoms with van der Waals surface area (Å²) in [5.41, 5.74) is 0.782. The number of halogens is 1. The summed E-state index contributed by atoms with van der Waals surface area (Å²) in [6, 6.07) is 18.4. The predicted octanol–water partition coefficient (Wildman–Crippen LogP) is 4.48. The van der Waals surface area contributed by atoms with Crippen molar-refractivity contribution in [3.05, 3.63) is 83.7 Å². The molecule has 4 nitrogen and oxygen atoms in total. The number of fused-ring (bicyclic) bond motifs is 1. The predicted molar refractivity (Wildman–Crippen MR) is 106 cm³/mol. The van der Waals surface area contributed by atoms with Crippen molar-refractivity contribution < 1.29 is 18.7 Å². The van der Waals surface area contributed by atoms with Crippen LogP contribution in [0.1, 0.15) is 29.8 Å². The lowest BCUT2D eigenvalue weighted by Gasteiger charge is -2.21. The van der Waals surface area contributed by atoms with Crippen LogP contribution in [0.4, 0.5) is 4.39 Å². The molecule has 1 N–H and O–H groups in total. The Morgan fingerprint density at radius 3 is 2.39 bits per heavy atom. The van der Waals surface area contributed by atoms with Crippen LogP contribution >= 0.6 is 0 Å². The maximum Gasteiger partial charge on any atom is 0.329 e. The molecule has 0 aromatic heterocycles. The van der Waals surface area contributed by atoms with Crippen molar-refractivity contribution in [3.8, 4) is 0 Å². The van der Waals surface area contributed by atoms with E-state index in [4.69, 9.17) is 4.74 Å². The molecule has 3 rings (SSSR count). The second-order valence-electron chi connectivity index (χ2n) is 6.92. The summed E-state index contributed by atoms with van der Waals surface area (Å²) in [5, 5.41) is 4.66. The third-order valence-corrected chi connectivity index (χ3v) is 4.58. The number of carbonyl (C=O) groups excluding carboxylic acids is 2. The van der Waals surface area contributed by atoms with Crippen LogP contribution in [0.3, 0.4) is 0 Å². The molecule has 0 aliphatic carbocycles. The fraction of sp³-hybridized carbons (Fsp3) is 0.217. The van der Waals surface area contributed by atoms with Crippen molar-refractivity contribution >= 4 is 22.6 Å². The molecule has 5 heteroatoms. The van der Waals surface area contributed by atoms with E-state index in [0.29, 0.717) is 0 Å². The Hall–Kier alpha value is -3.21. The number of benzene rings is 3. The zero-order valence-electron chi connectivity index (χ0n) is 15.8. The van der Waals surface area contributed by atoms with Crippen LogP contribution < -0.4 is 5.32 Å². The SMILES string of the molecule is CC(C)C(NC(=O)c1ccccc1F)C(=O)OCc1cccc2ccccc12. The van der Waals surface area contributed by atoms with E-state index in [1.807, 2.05) is 42.5 Å². The summed E-state index contributed by atoms with van der Waals surface area (Å²) in [5.74, 6) is -2.03. The molecule has 1 unspecified atom stereocenters. The van der Waals surface area contributed by atoms with Gasteiger partial charge in [0.2, 0.25) is 0 Å². The first-order valence-corrected chi connectivity index (χ1v) is 9.16. The smallest absolute Gasteiger partial charge is 0.329 e. The Bertz CT molecular complexity index is 995. The molecule has 0 aliphatic rings. The first kappa shape index (κ1) is 19.5. The van der Waals surface area contributed by atoms with Crippen LogP contribution in [-0.4, -0.2) is 17.9 Å². The fourth-order valence-electron chi connectivity index (χ4n) is 3.02. The van der Waals surface area contributed by atoms with Crippen molar-refractivity contribution in [2.45, 2.75) is 26.5 Å². The standard InChI is InChI=1S/C23H22FNO3/c1-15(2)21(25-22(26)19-12-5-6-13-20(19)24)23(27)28-14-17-10-7-9-16-8-3-4-11-18(16)17/h3-13,15,21H,14H2,1-2H3,(H,25,26). The largest absolute Gasteiger partial charge is 0.459 e. The van der Waals surface area contributed by atoms with Gasteiger partial charge in [-0.2, -0.15) is 0 Å². The minimum Gasteiger partial charge on any atom is -0.459 e. The number of rotatable bonds is 6. The zero-order chi connectivity index (χ0) is 20.1. The van der Waals surface area contributed by atoms with E-state index >= 15 is 0 Å². The monoisotopic (exact) mass is 379 g/mol. The number of ether oxygens (including phenoxy) is 1. The molecule has 28 heavy (non-hydrogen) atoms. The van der Waals surface area contributed by atoms with Crippen LogP contribution in [0.15, 0.2) is 66.7 Å². The Morgan fingerprint density at radius 1 is 0.964 bits per heavy atom. The van der Waals surface area contributed by atoms with Gasteiger partial charge < -0.3 is 10.1 Å². The van der Waals surface area contributed by atoms with E-state index in [0.717, 1.165) is 16.3 Å². The Kier molecular flexibility index (Phi) is 6.04. The number of amides is 1. The number of hydrogen-bond acceptors (Lipinski definition) is 3. The Balaban J connectivity index is 1.71. The molecule has 0 bridgehead atoms. The van der Waals surface area contributed by atoms with Gasteiger partial charge in [0.15, 0.2) is 0 Å². The summed E-state index contributed by atoms with van der Waals surface area (Å²) >= 11 is 0. The molecule has 0 aliphatic heterocycles. The quantitative estimate of drug-likeness (QED) is 0.643. The maximum atomic E-state index is 13.8. The molecule has 0 heterocycles. The third kappa shape index (κ3) is 4.36. The van der Waals surface area contributed by atoms with Gasteiger partial charge in [-0.05, 0) is 34.4 Å². The molecule has 0 spiro atoms. The van der Waals surface area contributed by atoms with Crippen molar-refractivity contribution in [2.75, 3.05) is 0 Å². The Morgan fingerprint density at radius 2 is 1.64 bits per heavy atom. The zero-order valence-corrected chi connectivity index (χ0v) is 15.8. The lowest BCUT2D eigenvalue weighted by atomic mass is 10.0. The van der Waals surface area contributed by atoms with E-state index < -0.39 is 23.7 Å². The summed E-state index contributed by atoms with van der Waals surface area (Å²) in [4.78, 5) is 25.0. The number of nitrogens with one attached hydrogen (secondary N) is 1. The molecule has 3 aromatic rings. The first-order valence-electron chi connectivity index (χ1n) is 9.16. The van der Waals surface area contributed by atoms with Crippen molar-refractivity contribution in [1.29, 1.82) is 0 Å². The molecule has 0 fully saturated rings. The highest BCUT2D eigenvalue weighted by atomic mass is 19.1. The topological polar surface area (TPSA) is 55.4 Å². The van der Waals surface area contributed by atoms with Crippen molar-refractivity contribution in [1.82, 2.24) is 5.32 Å². The van der Waals surface area contributed by atoms with Gasteiger partial charge in [0.25, 0.3) is 5.91 Å². The fourth-order valence-corrected chi connectivity index (χ4v) is 3.02. The van der Waals surface area contributed by atoms with E-state index in [9.17, 15) is 14.0 Å². The van der Waals surface area contributed by atoms with Gasteiger partial charge in [-0.25, -0.2) is 9.18 Å². The molecule has 1 amide bonds. The highest BCUT2D eigenvalue weighted by Crippen LogP contribution is 2.19. The van der Waals surface area contributed by atoms with Crippen LogP contribution in [0.2, 0.25) is 0 Å². The number of esters is 1.